The van der Waals surface area contributed by atoms with E-state index in [1.807, 2.05) is 54.7 Å². The molecule has 0 aliphatic rings. The van der Waals surface area contributed by atoms with Crippen molar-refractivity contribution in [2.45, 2.75) is 181 Å². The van der Waals surface area contributed by atoms with Crippen LogP contribution in [0, 0.1) is 0 Å². The number of carbonyl (C=O) groups is 3. The molecule has 0 aliphatic carbocycles. The van der Waals surface area contributed by atoms with Crippen molar-refractivity contribution >= 4 is 17.9 Å². The summed E-state index contributed by atoms with van der Waals surface area (Å²) in [6, 6.07) is 0. The summed E-state index contributed by atoms with van der Waals surface area (Å²) in [5, 5.41) is 0. The van der Waals surface area contributed by atoms with Gasteiger partial charge in [-0.15, -0.1) is 0 Å². The number of rotatable bonds is 37. The van der Waals surface area contributed by atoms with Crippen LogP contribution in [0.2, 0.25) is 0 Å². The Hall–Kier alpha value is -3.67. The van der Waals surface area contributed by atoms with Crippen LogP contribution in [0.25, 0.3) is 0 Å². The Morgan fingerprint density at radius 1 is 0.400 bits per heavy atom. The van der Waals surface area contributed by atoms with Crippen LogP contribution in [0.3, 0.4) is 0 Å². The molecular weight excluding hydrogens is 685 g/mol. The number of hydrogen-bond acceptors (Lipinski definition) is 6. The van der Waals surface area contributed by atoms with Crippen molar-refractivity contribution in [1.82, 2.24) is 0 Å². The Kier molecular flexibility index (Phi) is 40.2. The molecule has 0 saturated carbocycles. The van der Waals surface area contributed by atoms with Gasteiger partial charge in [0, 0.05) is 19.3 Å². The fourth-order valence-electron chi connectivity index (χ4n) is 5.44. The van der Waals surface area contributed by atoms with Crippen LogP contribution in [0.1, 0.15) is 175 Å². The third-order valence-electron chi connectivity index (χ3n) is 8.68. The molecule has 0 rings (SSSR count). The summed E-state index contributed by atoms with van der Waals surface area (Å²) in [6.45, 7) is 6.22. The molecule has 0 heterocycles. The second kappa shape index (κ2) is 43.1. The first-order valence-corrected chi connectivity index (χ1v) is 21.8. The predicted molar refractivity (Wildman–Crippen MR) is 233 cm³/mol. The van der Waals surface area contributed by atoms with Crippen LogP contribution in [-0.4, -0.2) is 37.2 Å². The fourth-order valence-corrected chi connectivity index (χ4v) is 5.44. The van der Waals surface area contributed by atoms with Gasteiger partial charge >= 0.3 is 17.9 Å². The van der Waals surface area contributed by atoms with Gasteiger partial charge in [0.15, 0.2) is 6.10 Å². The second-order valence-corrected chi connectivity index (χ2v) is 14.0. The van der Waals surface area contributed by atoms with E-state index in [0.717, 1.165) is 64.2 Å². The maximum Gasteiger partial charge on any atom is 0.306 e. The van der Waals surface area contributed by atoms with E-state index in [2.05, 4.69) is 63.3 Å². The molecule has 0 aromatic heterocycles. The lowest BCUT2D eigenvalue weighted by atomic mass is 10.1. The molecule has 0 fully saturated rings. The molecule has 0 aromatic rings. The van der Waals surface area contributed by atoms with E-state index >= 15 is 0 Å². The highest BCUT2D eigenvalue weighted by molar-refractivity contribution is 5.71. The lowest BCUT2D eigenvalue weighted by Gasteiger charge is -2.18. The van der Waals surface area contributed by atoms with Gasteiger partial charge in [0.05, 0.1) is 0 Å². The van der Waals surface area contributed by atoms with Gasteiger partial charge in [-0.2, -0.15) is 0 Å². The van der Waals surface area contributed by atoms with Gasteiger partial charge in [-0.1, -0.05) is 169 Å². The zero-order valence-electron chi connectivity index (χ0n) is 35.1. The second-order valence-electron chi connectivity index (χ2n) is 14.0. The molecule has 0 bridgehead atoms. The number of allylic oxidation sites excluding steroid dienone is 16. The highest BCUT2D eigenvalue weighted by Gasteiger charge is 2.19. The third kappa shape index (κ3) is 41.3. The predicted octanol–water partition coefficient (Wildman–Crippen LogP) is 13.9. The zero-order valence-corrected chi connectivity index (χ0v) is 35.1. The first kappa shape index (κ1) is 51.3. The molecule has 6 nitrogen and oxygen atoms in total. The van der Waals surface area contributed by atoms with Crippen molar-refractivity contribution in [3.8, 4) is 0 Å². The SMILES string of the molecule is CC\C=C/C=C\C=C/C=C\C=C/CCCC(=O)OC(COC(=O)CCCC/C=C\C/C=C\CC)COC(=O)CCCCCCCCC/C=C\CCCCCC. The summed E-state index contributed by atoms with van der Waals surface area (Å²) < 4.78 is 16.5. The van der Waals surface area contributed by atoms with E-state index in [9.17, 15) is 14.4 Å². The Balaban J connectivity index is 4.52. The number of carbonyl (C=O) groups excluding carboxylic acids is 3. The lowest BCUT2D eigenvalue weighted by Crippen LogP contribution is -2.30. The topological polar surface area (TPSA) is 78.9 Å². The van der Waals surface area contributed by atoms with Crippen molar-refractivity contribution in [3.63, 3.8) is 0 Å². The van der Waals surface area contributed by atoms with Gasteiger partial charge in [0.1, 0.15) is 13.2 Å². The maximum absolute atomic E-state index is 12.7. The smallest absolute Gasteiger partial charge is 0.306 e. The molecule has 6 heteroatoms. The highest BCUT2D eigenvalue weighted by atomic mass is 16.6. The summed E-state index contributed by atoms with van der Waals surface area (Å²) in [5.41, 5.74) is 0. The lowest BCUT2D eigenvalue weighted by molar-refractivity contribution is -0.167. The summed E-state index contributed by atoms with van der Waals surface area (Å²) in [6.07, 6.45) is 55.5. The van der Waals surface area contributed by atoms with Crippen molar-refractivity contribution < 1.29 is 28.6 Å². The van der Waals surface area contributed by atoms with Gasteiger partial charge < -0.3 is 14.2 Å². The number of unbranched alkanes of at least 4 members (excludes halogenated alkanes) is 14. The van der Waals surface area contributed by atoms with E-state index in [1.54, 1.807) is 0 Å². The quantitative estimate of drug-likeness (QED) is 0.0206. The number of hydrogen-bond donors (Lipinski definition) is 0. The molecule has 1 atom stereocenters. The van der Waals surface area contributed by atoms with Crippen molar-refractivity contribution in [3.05, 3.63) is 97.2 Å². The van der Waals surface area contributed by atoms with Crippen molar-refractivity contribution in [1.29, 1.82) is 0 Å². The Labute approximate surface area is 337 Å². The van der Waals surface area contributed by atoms with Gasteiger partial charge in [-0.3, -0.25) is 14.4 Å². The van der Waals surface area contributed by atoms with Crippen LogP contribution in [-0.2, 0) is 28.6 Å². The third-order valence-corrected chi connectivity index (χ3v) is 8.68. The molecule has 0 saturated heterocycles. The van der Waals surface area contributed by atoms with Gasteiger partial charge in [-0.05, 0) is 83.5 Å². The number of ether oxygens (including phenoxy) is 3. The summed E-state index contributed by atoms with van der Waals surface area (Å²) >= 11 is 0. The van der Waals surface area contributed by atoms with Gasteiger partial charge in [0.25, 0.3) is 0 Å². The van der Waals surface area contributed by atoms with Gasteiger partial charge in [-0.25, -0.2) is 0 Å². The molecular formula is C49H78O6. The highest BCUT2D eigenvalue weighted by Crippen LogP contribution is 2.12. The minimum atomic E-state index is -0.827. The molecule has 1 unspecified atom stereocenters. The zero-order chi connectivity index (χ0) is 40.1. The van der Waals surface area contributed by atoms with E-state index in [0.29, 0.717) is 19.3 Å². The molecule has 310 valence electrons. The van der Waals surface area contributed by atoms with E-state index < -0.39 is 12.1 Å². The minimum absolute atomic E-state index is 0.120. The maximum atomic E-state index is 12.7. The fraction of sp³-hybridized carbons (Fsp3) is 0.612. The molecule has 0 amide bonds. The molecule has 0 spiro atoms. The molecule has 55 heavy (non-hydrogen) atoms. The van der Waals surface area contributed by atoms with Crippen LogP contribution in [0.4, 0.5) is 0 Å². The van der Waals surface area contributed by atoms with E-state index in [4.69, 9.17) is 14.2 Å². The van der Waals surface area contributed by atoms with E-state index in [-0.39, 0.29) is 31.6 Å². The Morgan fingerprint density at radius 3 is 1.40 bits per heavy atom. The Morgan fingerprint density at radius 2 is 0.818 bits per heavy atom. The molecule has 0 radical (unpaired) electrons. The average molecular weight is 763 g/mol. The molecule has 0 aliphatic heterocycles. The first-order valence-electron chi connectivity index (χ1n) is 21.8. The van der Waals surface area contributed by atoms with Crippen LogP contribution < -0.4 is 0 Å². The van der Waals surface area contributed by atoms with Crippen LogP contribution in [0.15, 0.2) is 97.2 Å². The van der Waals surface area contributed by atoms with Crippen LogP contribution >= 0.6 is 0 Å². The summed E-state index contributed by atoms with van der Waals surface area (Å²) in [4.78, 5) is 37.6. The van der Waals surface area contributed by atoms with Gasteiger partial charge in [0.2, 0.25) is 0 Å². The van der Waals surface area contributed by atoms with Crippen LogP contribution in [0.5, 0.6) is 0 Å². The minimum Gasteiger partial charge on any atom is -0.462 e. The summed E-state index contributed by atoms with van der Waals surface area (Å²) in [7, 11) is 0. The normalized spacial score (nSPS) is 13.0. The van der Waals surface area contributed by atoms with E-state index in [1.165, 1.54) is 64.2 Å². The van der Waals surface area contributed by atoms with Crippen molar-refractivity contribution in [2.24, 2.45) is 0 Å². The first-order chi connectivity index (χ1) is 27.0. The average Bonchev–Trinajstić information content (AvgIpc) is 3.18. The summed E-state index contributed by atoms with van der Waals surface area (Å²) in [5.74, 6) is -1.05. The Bertz CT molecular complexity index is 1150. The largest absolute Gasteiger partial charge is 0.462 e. The standard InChI is InChI=1S/C49H78O6/c1-4-7-10-13-16-19-21-23-24-26-27-30-33-36-39-42-48(51)54-45-46(44-53-47(50)41-38-35-32-29-18-15-12-9-6-3)55-49(52)43-40-37-34-31-28-25-22-20-17-14-11-8-5-2/h8-9,11-12,14,17-22,25,28-29,31,34,46H,4-7,10,13,15-16,23-24,26-27,30,32-33,35-45H2,1-3H3/b11-8-,12-9-,17-14-,21-19-,22-20-,28-25-,29-18-,34-31-. The van der Waals surface area contributed by atoms with Crippen molar-refractivity contribution in [2.75, 3.05) is 13.2 Å². The molecule has 0 aromatic carbocycles. The molecule has 0 N–H and O–H groups in total. The monoisotopic (exact) mass is 763 g/mol. The number of esters is 3.